The molecule has 54 heavy (non-hydrogen) atoms. The Labute approximate surface area is 337 Å². The van der Waals surface area contributed by atoms with Crippen LogP contribution in [0.4, 0.5) is 0 Å². The molecule has 2 heterocycles. The van der Waals surface area contributed by atoms with Crippen LogP contribution in [0.15, 0.2) is 24.3 Å². The molecule has 0 aromatic carbocycles. The molecule has 2 aliphatic rings. The van der Waals surface area contributed by atoms with E-state index in [4.69, 9.17) is 32.7 Å². The molecule has 0 N–H and O–H groups in total. The molecule has 2 atom stereocenters. The van der Waals surface area contributed by atoms with Gasteiger partial charge in [0.15, 0.2) is 0 Å². The number of rotatable bonds is 24. The molecule has 2 saturated heterocycles. The van der Waals surface area contributed by atoms with E-state index < -0.39 is 26.9 Å². The van der Waals surface area contributed by atoms with Gasteiger partial charge < -0.3 is 32.7 Å². The van der Waals surface area contributed by atoms with Crippen molar-refractivity contribution in [3.63, 3.8) is 0 Å². The lowest BCUT2D eigenvalue weighted by Crippen LogP contribution is -2.34. The zero-order chi connectivity index (χ0) is 42.1. The molecule has 2 fully saturated rings. The number of esters is 2. The van der Waals surface area contributed by atoms with Crippen LogP contribution in [0.3, 0.4) is 0 Å². The molecular formula is C43H90B2O9. The maximum Gasteiger partial charge on any atom is 0.627 e. The number of allylic oxidation sites excluding steroid dienone is 4. The van der Waals surface area contributed by atoms with Gasteiger partial charge in [-0.05, 0) is 51.9 Å². The minimum atomic E-state index is -0.967. The van der Waals surface area contributed by atoms with Crippen molar-refractivity contribution in [2.75, 3.05) is 26.4 Å². The second kappa shape index (κ2) is 55.7. The van der Waals surface area contributed by atoms with E-state index in [1.54, 1.807) is 0 Å². The van der Waals surface area contributed by atoms with Gasteiger partial charge in [-0.2, -0.15) is 0 Å². The molecule has 2 aliphatic heterocycles. The van der Waals surface area contributed by atoms with E-state index in [0.717, 1.165) is 38.5 Å². The number of ether oxygens (including phenoxy) is 2. The molecule has 2 unspecified atom stereocenters. The Bertz CT molecular complexity index is 769. The lowest BCUT2D eigenvalue weighted by Gasteiger charge is -2.12. The quantitative estimate of drug-likeness (QED) is 0.0411. The third-order valence-electron chi connectivity index (χ3n) is 7.09. The molecule has 0 amide bonds. The van der Waals surface area contributed by atoms with Gasteiger partial charge in [-0.3, -0.25) is 9.59 Å². The van der Waals surface area contributed by atoms with E-state index in [1.165, 1.54) is 57.8 Å². The van der Waals surface area contributed by atoms with Crippen molar-refractivity contribution in [2.24, 2.45) is 0 Å². The highest BCUT2D eigenvalue weighted by Gasteiger charge is 2.43. The second-order valence-electron chi connectivity index (χ2n) is 11.3. The highest BCUT2D eigenvalue weighted by Crippen LogP contribution is 2.17. The van der Waals surface area contributed by atoms with Gasteiger partial charge >= 0.3 is 26.6 Å². The molecule has 2 rings (SSSR count). The molecule has 0 aliphatic carbocycles. The standard InChI is InChI=1S/C28H50B2O9.C5H10.5C2H6/c1-3-5-6-7-8-9-10-11-12-13-14-15-16-17-18-20-28(32)34-22-26-24-36-30(38-26)39-29-35-23-25(37-29)21-33-27(31)19-4-2;1-3-5-4-2;5*1-2/h11-12,25-26H,3-10,13-24H2,1-2H3;3,5H,4H2,1-2H3;5*1-2H3/b12-11-;5-3-;;;;;. The van der Waals surface area contributed by atoms with Crippen molar-refractivity contribution in [1.29, 1.82) is 0 Å². The first-order valence-electron chi connectivity index (χ1n) is 22.3. The summed E-state index contributed by atoms with van der Waals surface area (Å²) in [4.78, 5) is 23.5. The van der Waals surface area contributed by atoms with Crippen LogP contribution in [0.25, 0.3) is 0 Å². The molecule has 11 heteroatoms. The monoisotopic (exact) mass is 773 g/mol. The minimum absolute atomic E-state index is 0.111. The van der Waals surface area contributed by atoms with E-state index >= 15 is 0 Å². The SMILES string of the molecule is C/C=C\CC.CC.CC.CC.CC.CC.CCCCCCCC/C=C\CCCCCCCC(=O)OCC1COB(OB2OCC(COC(=O)CCC)O2)O1. The lowest BCUT2D eigenvalue weighted by molar-refractivity contribution is -0.146. The summed E-state index contributed by atoms with van der Waals surface area (Å²) in [5.41, 5.74) is 0. The van der Waals surface area contributed by atoms with Gasteiger partial charge in [0.2, 0.25) is 0 Å². The average Bonchev–Trinajstić information content (AvgIpc) is 3.88. The fourth-order valence-corrected chi connectivity index (χ4v) is 4.55. The first-order chi connectivity index (χ1) is 26.5. The van der Waals surface area contributed by atoms with E-state index in [2.05, 4.69) is 38.2 Å². The molecule has 0 spiro atoms. The van der Waals surface area contributed by atoms with Gasteiger partial charge in [0.25, 0.3) is 0 Å². The first kappa shape index (κ1) is 61.6. The van der Waals surface area contributed by atoms with Crippen LogP contribution in [-0.4, -0.2) is 65.2 Å². The molecular weight excluding hydrogens is 682 g/mol. The summed E-state index contributed by atoms with van der Waals surface area (Å²) in [6, 6.07) is 0. The minimum Gasteiger partial charge on any atom is -0.463 e. The molecule has 9 nitrogen and oxygen atoms in total. The van der Waals surface area contributed by atoms with Crippen molar-refractivity contribution in [2.45, 2.75) is 218 Å². The third-order valence-corrected chi connectivity index (χ3v) is 7.09. The summed E-state index contributed by atoms with van der Waals surface area (Å²) >= 11 is 0. The van der Waals surface area contributed by atoms with Crippen molar-refractivity contribution in [1.82, 2.24) is 0 Å². The second-order valence-corrected chi connectivity index (χ2v) is 11.3. The molecule has 0 aromatic rings. The van der Waals surface area contributed by atoms with Gasteiger partial charge in [0.1, 0.15) is 25.4 Å². The van der Waals surface area contributed by atoms with Gasteiger partial charge in [0, 0.05) is 12.8 Å². The van der Waals surface area contributed by atoms with Crippen LogP contribution in [0.1, 0.15) is 206 Å². The van der Waals surface area contributed by atoms with E-state index in [0.29, 0.717) is 12.8 Å². The topological polar surface area (TPSA) is 98.8 Å². The molecule has 0 bridgehead atoms. The summed E-state index contributed by atoms with van der Waals surface area (Å²) in [6.45, 7) is 29.0. The van der Waals surface area contributed by atoms with Gasteiger partial charge in [0.05, 0.1) is 13.2 Å². The van der Waals surface area contributed by atoms with Gasteiger partial charge in [-0.25, -0.2) is 0 Å². The fourth-order valence-electron chi connectivity index (χ4n) is 4.55. The van der Waals surface area contributed by atoms with Crippen molar-refractivity contribution in [3.8, 4) is 0 Å². The van der Waals surface area contributed by atoms with E-state index in [-0.39, 0.29) is 38.4 Å². The lowest BCUT2D eigenvalue weighted by atomic mass is 10.1. The van der Waals surface area contributed by atoms with Crippen LogP contribution in [-0.2, 0) is 42.3 Å². The van der Waals surface area contributed by atoms with Crippen LogP contribution < -0.4 is 0 Å². The van der Waals surface area contributed by atoms with E-state index in [9.17, 15) is 9.59 Å². The fraction of sp³-hybridized carbons (Fsp3) is 0.860. The Morgan fingerprint density at radius 3 is 1.35 bits per heavy atom. The Morgan fingerprint density at radius 2 is 0.963 bits per heavy atom. The summed E-state index contributed by atoms with van der Waals surface area (Å²) in [5, 5.41) is 0. The highest BCUT2D eigenvalue weighted by molar-refractivity contribution is 6.52. The number of unbranched alkanes of at least 4 members (excludes halogenated alkanes) is 11. The Balaban J connectivity index is -0.000000465. The largest absolute Gasteiger partial charge is 0.627 e. The van der Waals surface area contributed by atoms with Crippen molar-refractivity contribution < 1.29 is 42.3 Å². The average molecular weight is 773 g/mol. The number of carbonyl (C=O) groups excluding carboxylic acids is 2. The predicted molar refractivity (Wildman–Crippen MR) is 232 cm³/mol. The zero-order valence-corrected chi connectivity index (χ0v) is 38.1. The Kier molecular flexibility index (Phi) is 63.5. The summed E-state index contributed by atoms with van der Waals surface area (Å²) in [6.07, 6.45) is 26.6. The Morgan fingerprint density at radius 1 is 0.556 bits per heavy atom. The van der Waals surface area contributed by atoms with Crippen molar-refractivity contribution >= 4 is 26.6 Å². The first-order valence-corrected chi connectivity index (χ1v) is 22.3. The van der Waals surface area contributed by atoms with Crippen LogP contribution in [0.5, 0.6) is 0 Å². The smallest absolute Gasteiger partial charge is 0.463 e. The van der Waals surface area contributed by atoms with E-state index in [1.807, 2.05) is 83.1 Å². The number of carbonyl (C=O) groups is 2. The van der Waals surface area contributed by atoms with Gasteiger partial charge in [-0.15, -0.1) is 0 Å². The predicted octanol–water partition coefficient (Wildman–Crippen LogP) is 12.8. The molecule has 0 radical (unpaired) electrons. The van der Waals surface area contributed by atoms with Crippen LogP contribution in [0.2, 0.25) is 0 Å². The molecule has 0 aromatic heterocycles. The maximum atomic E-state index is 12.0. The molecule has 322 valence electrons. The summed E-state index contributed by atoms with van der Waals surface area (Å²) in [5.74, 6) is -0.480. The zero-order valence-electron chi connectivity index (χ0n) is 38.1. The van der Waals surface area contributed by atoms with Crippen LogP contribution >= 0.6 is 0 Å². The summed E-state index contributed by atoms with van der Waals surface area (Å²) < 4.78 is 37.9. The third kappa shape index (κ3) is 44.7. The number of hydrogen-bond acceptors (Lipinski definition) is 9. The normalized spacial score (nSPS) is 15.4. The van der Waals surface area contributed by atoms with Crippen LogP contribution in [0, 0.1) is 0 Å². The van der Waals surface area contributed by atoms with Crippen molar-refractivity contribution in [3.05, 3.63) is 24.3 Å². The highest BCUT2D eigenvalue weighted by atomic mass is 16.8. The Hall–Kier alpha value is -1.65. The number of hydrogen-bond donors (Lipinski definition) is 0. The maximum absolute atomic E-state index is 12.0. The molecule has 0 saturated carbocycles. The summed E-state index contributed by atoms with van der Waals surface area (Å²) in [7, 11) is -1.93. The van der Waals surface area contributed by atoms with Gasteiger partial charge in [-0.1, -0.05) is 166 Å².